The second kappa shape index (κ2) is 5.64. The highest BCUT2D eigenvalue weighted by Gasteiger charge is 2.16. The number of primary amides is 1. The van der Waals surface area contributed by atoms with Crippen LogP contribution in [0.25, 0.3) is 0 Å². The van der Waals surface area contributed by atoms with Gasteiger partial charge in [-0.15, -0.1) is 0 Å². The maximum atomic E-state index is 11.6. The number of carbonyl (C=O) groups is 3. The molecule has 1 rings (SSSR count). The van der Waals surface area contributed by atoms with Gasteiger partial charge in [0.1, 0.15) is 0 Å². The number of nitrogens with one attached hydrogen (secondary N) is 1. The zero-order valence-electron chi connectivity index (χ0n) is 8.88. The molecule has 0 aliphatic heterocycles. The van der Waals surface area contributed by atoms with Gasteiger partial charge in [0.15, 0.2) is 0 Å². The van der Waals surface area contributed by atoms with Crippen molar-refractivity contribution in [1.82, 2.24) is 5.32 Å². The number of aliphatic carboxylic acids is 1. The van der Waals surface area contributed by atoms with Crippen LogP contribution in [0.4, 0.5) is 0 Å². The van der Waals surface area contributed by atoms with Gasteiger partial charge in [-0.2, -0.15) is 0 Å². The molecule has 0 aliphatic carbocycles. The minimum Gasteiger partial charge on any atom is -0.548 e. The first-order valence-electron chi connectivity index (χ1n) is 4.86. The number of hydrogen-bond donors (Lipinski definition) is 2. The van der Waals surface area contributed by atoms with Gasteiger partial charge in [0.05, 0.1) is 18.4 Å². The van der Waals surface area contributed by atoms with Gasteiger partial charge in [-0.3, -0.25) is 9.59 Å². The molecule has 0 radical (unpaired) electrons. The fourth-order valence-corrected chi connectivity index (χ4v) is 1.23. The molecule has 0 spiro atoms. The second-order valence-electron chi connectivity index (χ2n) is 3.38. The van der Waals surface area contributed by atoms with Crippen LogP contribution in [0.1, 0.15) is 16.8 Å². The quantitative estimate of drug-likeness (QED) is 0.640. The molecule has 0 unspecified atom stereocenters. The lowest BCUT2D eigenvalue weighted by Gasteiger charge is -2.18. The van der Waals surface area contributed by atoms with Crippen molar-refractivity contribution in [2.45, 2.75) is 12.5 Å². The van der Waals surface area contributed by atoms with Crippen molar-refractivity contribution in [1.29, 1.82) is 0 Å². The first-order chi connectivity index (χ1) is 8.00. The van der Waals surface area contributed by atoms with Crippen molar-refractivity contribution < 1.29 is 19.5 Å². The summed E-state index contributed by atoms with van der Waals surface area (Å²) in [5.41, 5.74) is 5.16. The number of amides is 2. The van der Waals surface area contributed by atoms with Gasteiger partial charge in [-0.25, -0.2) is 0 Å². The van der Waals surface area contributed by atoms with Crippen LogP contribution in [-0.4, -0.2) is 23.8 Å². The Morgan fingerprint density at radius 3 is 2.29 bits per heavy atom. The van der Waals surface area contributed by atoms with Gasteiger partial charge in [0, 0.05) is 5.56 Å². The predicted molar refractivity (Wildman–Crippen MR) is 56.5 cm³/mol. The highest BCUT2D eigenvalue weighted by molar-refractivity contribution is 5.97. The Kier molecular flexibility index (Phi) is 4.21. The molecule has 0 heterocycles. The molecule has 0 aromatic heterocycles. The van der Waals surface area contributed by atoms with Crippen LogP contribution >= 0.6 is 0 Å². The second-order valence-corrected chi connectivity index (χ2v) is 3.38. The van der Waals surface area contributed by atoms with Gasteiger partial charge >= 0.3 is 0 Å². The van der Waals surface area contributed by atoms with Gasteiger partial charge in [-0.05, 0) is 12.1 Å². The first-order valence-corrected chi connectivity index (χ1v) is 4.86. The monoisotopic (exact) mass is 235 g/mol. The van der Waals surface area contributed by atoms with Crippen molar-refractivity contribution >= 4 is 17.8 Å². The zero-order chi connectivity index (χ0) is 12.8. The number of nitrogens with two attached hydrogens (primary N) is 1. The van der Waals surface area contributed by atoms with Gasteiger partial charge in [-0.1, -0.05) is 18.2 Å². The highest BCUT2D eigenvalue weighted by Crippen LogP contribution is 2.00. The number of benzene rings is 1. The van der Waals surface area contributed by atoms with Gasteiger partial charge in [0.25, 0.3) is 5.91 Å². The standard InChI is InChI=1S/C11H12N2O4/c12-9(14)6-8(11(16)17)13-10(15)7-4-2-1-3-5-7/h1-5,8H,6H2,(H2,12,14)(H,13,15)(H,16,17)/p-1/t8-/m1/s1. The van der Waals surface area contributed by atoms with Crippen LogP contribution in [0, 0.1) is 0 Å². The third-order valence-corrected chi connectivity index (χ3v) is 2.03. The van der Waals surface area contributed by atoms with Crippen molar-refractivity contribution in [2.24, 2.45) is 5.73 Å². The minimum atomic E-state index is -1.55. The predicted octanol–water partition coefficient (Wildman–Crippen LogP) is -1.59. The molecule has 17 heavy (non-hydrogen) atoms. The van der Waals surface area contributed by atoms with Gasteiger partial charge < -0.3 is 21.0 Å². The van der Waals surface area contributed by atoms with Crippen LogP contribution < -0.4 is 16.2 Å². The van der Waals surface area contributed by atoms with Gasteiger partial charge in [0.2, 0.25) is 5.91 Å². The van der Waals surface area contributed by atoms with Crippen molar-refractivity contribution in [3.8, 4) is 0 Å². The average Bonchev–Trinajstić information content (AvgIpc) is 2.28. The van der Waals surface area contributed by atoms with Crippen molar-refractivity contribution in [2.75, 3.05) is 0 Å². The normalized spacial score (nSPS) is 11.5. The third kappa shape index (κ3) is 3.94. The topological polar surface area (TPSA) is 112 Å². The van der Waals surface area contributed by atoms with E-state index in [0.29, 0.717) is 5.56 Å². The fraction of sp³-hybridized carbons (Fsp3) is 0.182. The molecular formula is C11H11N2O4-. The number of hydrogen-bond acceptors (Lipinski definition) is 4. The summed E-state index contributed by atoms with van der Waals surface area (Å²) in [7, 11) is 0. The fourth-order valence-electron chi connectivity index (χ4n) is 1.23. The Hall–Kier alpha value is -2.37. The van der Waals surface area contributed by atoms with Crippen LogP contribution in [-0.2, 0) is 9.59 Å². The molecule has 0 saturated carbocycles. The molecule has 90 valence electrons. The lowest BCUT2D eigenvalue weighted by atomic mass is 10.1. The molecule has 0 saturated heterocycles. The highest BCUT2D eigenvalue weighted by atomic mass is 16.4. The molecule has 0 bridgehead atoms. The Balaban J connectivity index is 2.71. The molecule has 1 aromatic carbocycles. The lowest BCUT2D eigenvalue weighted by Crippen LogP contribution is -2.49. The van der Waals surface area contributed by atoms with E-state index in [4.69, 9.17) is 5.73 Å². The smallest absolute Gasteiger partial charge is 0.251 e. The number of carboxylic acid groups (broad SMARTS) is 1. The molecule has 6 nitrogen and oxygen atoms in total. The van der Waals surface area contributed by atoms with E-state index in [1.807, 2.05) is 0 Å². The summed E-state index contributed by atoms with van der Waals surface area (Å²) in [5, 5.41) is 12.8. The zero-order valence-corrected chi connectivity index (χ0v) is 8.88. The SMILES string of the molecule is NC(=O)C[C@@H](NC(=O)c1ccccc1)C(=O)[O-]. The molecule has 0 aliphatic rings. The van der Waals surface area contributed by atoms with E-state index in [1.54, 1.807) is 18.2 Å². The van der Waals surface area contributed by atoms with E-state index in [1.165, 1.54) is 12.1 Å². The maximum Gasteiger partial charge on any atom is 0.251 e. The van der Waals surface area contributed by atoms with E-state index in [0.717, 1.165) is 0 Å². The Morgan fingerprint density at radius 2 is 1.82 bits per heavy atom. The first kappa shape index (κ1) is 12.7. The van der Waals surface area contributed by atoms with E-state index in [-0.39, 0.29) is 0 Å². The Bertz CT molecular complexity index is 430. The van der Waals surface area contributed by atoms with Crippen LogP contribution in [0.5, 0.6) is 0 Å². The molecule has 3 N–H and O–H groups in total. The molecular weight excluding hydrogens is 224 g/mol. The molecule has 6 heteroatoms. The molecule has 1 aromatic rings. The number of rotatable bonds is 5. The van der Waals surface area contributed by atoms with E-state index < -0.39 is 30.2 Å². The largest absolute Gasteiger partial charge is 0.548 e. The molecule has 1 atom stereocenters. The van der Waals surface area contributed by atoms with Crippen LogP contribution in [0.15, 0.2) is 30.3 Å². The lowest BCUT2D eigenvalue weighted by molar-refractivity contribution is -0.308. The number of carbonyl (C=O) groups excluding carboxylic acids is 3. The number of carboxylic acids is 1. The summed E-state index contributed by atoms with van der Waals surface area (Å²) in [6.07, 6.45) is -0.499. The average molecular weight is 235 g/mol. The summed E-state index contributed by atoms with van der Waals surface area (Å²) in [6, 6.07) is 6.61. The van der Waals surface area contributed by atoms with E-state index >= 15 is 0 Å². The summed E-state index contributed by atoms with van der Waals surface area (Å²) in [4.78, 5) is 32.9. The van der Waals surface area contributed by atoms with Crippen LogP contribution in [0.2, 0.25) is 0 Å². The Morgan fingerprint density at radius 1 is 1.24 bits per heavy atom. The van der Waals surface area contributed by atoms with Crippen LogP contribution in [0.3, 0.4) is 0 Å². The minimum absolute atomic E-state index is 0.295. The Labute approximate surface area is 97.4 Å². The van der Waals surface area contributed by atoms with Crippen molar-refractivity contribution in [3.63, 3.8) is 0 Å². The summed E-state index contributed by atoms with van der Waals surface area (Å²) in [6.45, 7) is 0. The molecule has 0 fully saturated rings. The summed E-state index contributed by atoms with van der Waals surface area (Å²) >= 11 is 0. The molecule has 2 amide bonds. The maximum absolute atomic E-state index is 11.6. The third-order valence-electron chi connectivity index (χ3n) is 2.03. The van der Waals surface area contributed by atoms with E-state index in [2.05, 4.69) is 5.32 Å². The van der Waals surface area contributed by atoms with E-state index in [9.17, 15) is 19.5 Å². The van der Waals surface area contributed by atoms with Crippen molar-refractivity contribution in [3.05, 3.63) is 35.9 Å². The summed E-state index contributed by atoms with van der Waals surface area (Å²) in [5.74, 6) is -2.97. The summed E-state index contributed by atoms with van der Waals surface area (Å²) < 4.78 is 0.